The van der Waals surface area contributed by atoms with Gasteiger partial charge in [-0.1, -0.05) is 18.0 Å². The third kappa shape index (κ3) is 4.58. The molecule has 0 spiro atoms. The van der Waals surface area contributed by atoms with Crippen molar-refractivity contribution in [2.75, 3.05) is 5.32 Å². The second-order valence-corrected chi connectivity index (χ2v) is 10.2. The summed E-state index contributed by atoms with van der Waals surface area (Å²) in [5.74, 6) is 0.570. The standard InChI is InChI=1S/C26H28ClFN4O2/c1-14(33)8-15-4-3-5-17(9-15)26(34)30-23-12-19(21(27)13-29-23)18-10-20-24(22(28)11-18)31-32(2)25(20)16-6-7-16/h10-13,15-17H,3-9H2,1-2H3,(H,29,30,34)/t15-,17-/m0/s1. The number of aryl methyl sites for hydroxylation is 1. The minimum Gasteiger partial charge on any atom is -0.310 e. The molecule has 0 bridgehead atoms. The second-order valence-electron chi connectivity index (χ2n) is 9.81. The van der Waals surface area contributed by atoms with Crippen molar-refractivity contribution in [1.82, 2.24) is 14.8 Å². The summed E-state index contributed by atoms with van der Waals surface area (Å²) in [6, 6.07) is 5.07. The smallest absolute Gasteiger partial charge is 0.228 e. The Bertz CT molecular complexity index is 1280. The Hall–Kier alpha value is -2.80. The molecule has 2 aliphatic carbocycles. The molecule has 2 aliphatic rings. The van der Waals surface area contributed by atoms with Crippen LogP contribution in [0.3, 0.4) is 0 Å². The third-order valence-electron chi connectivity index (χ3n) is 7.05. The van der Waals surface area contributed by atoms with Crippen LogP contribution in [0.1, 0.15) is 63.5 Å². The van der Waals surface area contributed by atoms with Crippen molar-refractivity contribution in [2.45, 2.75) is 57.8 Å². The molecule has 0 radical (unpaired) electrons. The number of benzene rings is 1. The van der Waals surface area contributed by atoms with Gasteiger partial charge in [0.2, 0.25) is 5.91 Å². The molecule has 2 fully saturated rings. The summed E-state index contributed by atoms with van der Waals surface area (Å²) in [4.78, 5) is 28.7. The number of nitrogens with zero attached hydrogens (tertiary/aromatic N) is 3. The first-order valence-electron chi connectivity index (χ1n) is 11.9. The first-order chi connectivity index (χ1) is 16.3. The lowest BCUT2D eigenvalue weighted by Gasteiger charge is -2.27. The normalized spacial score (nSPS) is 20.5. The summed E-state index contributed by atoms with van der Waals surface area (Å²) in [6.07, 6.45) is 7.60. The van der Waals surface area contributed by atoms with Gasteiger partial charge in [-0.25, -0.2) is 9.37 Å². The van der Waals surface area contributed by atoms with Crippen molar-refractivity contribution >= 4 is 40.0 Å². The lowest BCUT2D eigenvalue weighted by atomic mass is 9.79. The molecule has 1 N–H and O–H groups in total. The van der Waals surface area contributed by atoms with Crippen LogP contribution in [0.25, 0.3) is 22.0 Å². The summed E-state index contributed by atoms with van der Waals surface area (Å²) in [7, 11) is 1.85. The molecule has 5 rings (SSSR count). The van der Waals surface area contributed by atoms with Gasteiger partial charge < -0.3 is 10.1 Å². The first-order valence-corrected chi connectivity index (χ1v) is 12.3. The molecule has 0 saturated heterocycles. The van der Waals surface area contributed by atoms with Crippen molar-refractivity contribution < 1.29 is 14.0 Å². The van der Waals surface area contributed by atoms with Crippen LogP contribution in [0, 0.1) is 17.7 Å². The number of nitrogens with one attached hydrogen (secondary N) is 1. The van der Waals surface area contributed by atoms with E-state index in [1.54, 1.807) is 17.7 Å². The molecule has 2 aromatic heterocycles. The minimum absolute atomic E-state index is 0.0982. The number of hydrogen-bond acceptors (Lipinski definition) is 4. The molecular formula is C26H28ClFN4O2. The topological polar surface area (TPSA) is 76.9 Å². The van der Waals surface area contributed by atoms with Crippen LogP contribution in [0.2, 0.25) is 5.02 Å². The molecule has 2 saturated carbocycles. The van der Waals surface area contributed by atoms with E-state index in [0.29, 0.717) is 46.2 Å². The summed E-state index contributed by atoms with van der Waals surface area (Å²) in [6.45, 7) is 1.60. The predicted octanol–water partition coefficient (Wildman–Crippen LogP) is 6.03. The van der Waals surface area contributed by atoms with Crippen molar-refractivity contribution in [1.29, 1.82) is 0 Å². The van der Waals surface area contributed by atoms with Gasteiger partial charge in [0.15, 0.2) is 5.82 Å². The molecule has 178 valence electrons. The van der Waals surface area contributed by atoms with Gasteiger partial charge in [-0.15, -0.1) is 0 Å². The number of carbonyl (C=O) groups is 2. The van der Waals surface area contributed by atoms with E-state index in [9.17, 15) is 14.0 Å². The predicted molar refractivity (Wildman–Crippen MR) is 130 cm³/mol. The number of anilines is 1. The summed E-state index contributed by atoms with van der Waals surface area (Å²) < 4.78 is 16.8. The zero-order chi connectivity index (χ0) is 24.0. The van der Waals surface area contributed by atoms with Crippen LogP contribution in [0.15, 0.2) is 24.4 Å². The van der Waals surface area contributed by atoms with Crippen molar-refractivity contribution in [3.05, 3.63) is 40.9 Å². The molecule has 2 heterocycles. The van der Waals surface area contributed by atoms with Crippen LogP contribution in [-0.4, -0.2) is 26.5 Å². The summed E-state index contributed by atoms with van der Waals surface area (Å²) in [5, 5.41) is 8.48. The summed E-state index contributed by atoms with van der Waals surface area (Å²) in [5.41, 5.74) is 2.65. The van der Waals surface area contributed by atoms with Crippen LogP contribution in [-0.2, 0) is 16.6 Å². The molecule has 1 aromatic carbocycles. The van der Waals surface area contributed by atoms with E-state index in [2.05, 4.69) is 15.4 Å². The van der Waals surface area contributed by atoms with E-state index in [0.717, 1.165) is 43.2 Å². The lowest BCUT2D eigenvalue weighted by Crippen LogP contribution is -2.29. The van der Waals surface area contributed by atoms with Crippen LogP contribution < -0.4 is 5.32 Å². The Morgan fingerprint density at radius 3 is 2.74 bits per heavy atom. The highest BCUT2D eigenvalue weighted by Gasteiger charge is 2.31. The van der Waals surface area contributed by atoms with Crippen LogP contribution >= 0.6 is 11.6 Å². The van der Waals surface area contributed by atoms with Gasteiger partial charge in [0, 0.05) is 48.1 Å². The Morgan fingerprint density at radius 1 is 1.21 bits per heavy atom. The van der Waals surface area contributed by atoms with Gasteiger partial charge >= 0.3 is 0 Å². The van der Waals surface area contributed by atoms with E-state index in [1.807, 2.05) is 13.1 Å². The zero-order valence-corrected chi connectivity index (χ0v) is 20.2. The Labute approximate surface area is 202 Å². The SMILES string of the molecule is CC(=O)C[C@@H]1CCC[C@H](C(=O)Nc2cc(-c3cc(F)c4nn(C)c(C5CC5)c4c3)c(Cl)cn2)C1. The van der Waals surface area contributed by atoms with Gasteiger partial charge in [-0.05, 0) is 68.7 Å². The second kappa shape index (κ2) is 9.10. The van der Waals surface area contributed by atoms with Gasteiger partial charge in [-0.2, -0.15) is 5.10 Å². The van der Waals surface area contributed by atoms with Crippen molar-refractivity contribution in [3.63, 3.8) is 0 Å². The van der Waals surface area contributed by atoms with Crippen molar-refractivity contribution in [2.24, 2.45) is 18.9 Å². The fourth-order valence-electron chi connectivity index (χ4n) is 5.35. The van der Waals surface area contributed by atoms with Gasteiger partial charge in [0.05, 0.1) is 5.02 Å². The largest absolute Gasteiger partial charge is 0.310 e. The van der Waals surface area contributed by atoms with E-state index >= 15 is 0 Å². The van der Waals surface area contributed by atoms with Crippen LogP contribution in [0.4, 0.5) is 10.2 Å². The Kier molecular flexibility index (Phi) is 6.15. The quantitative estimate of drug-likeness (QED) is 0.465. The van der Waals surface area contributed by atoms with Crippen molar-refractivity contribution in [3.8, 4) is 11.1 Å². The zero-order valence-electron chi connectivity index (χ0n) is 19.4. The van der Waals surface area contributed by atoms with Gasteiger partial charge in [0.1, 0.15) is 17.1 Å². The fourth-order valence-corrected chi connectivity index (χ4v) is 5.56. The molecule has 3 aromatic rings. The number of fused-ring (bicyclic) bond motifs is 1. The maximum atomic E-state index is 15.0. The average molecular weight is 483 g/mol. The van der Waals surface area contributed by atoms with E-state index < -0.39 is 5.82 Å². The Balaban J connectivity index is 1.41. The van der Waals surface area contributed by atoms with Gasteiger partial charge in [0.25, 0.3) is 0 Å². The molecule has 0 aliphatic heterocycles. The fraction of sp³-hybridized carbons (Fsp3) is 0.462. The number of hydrogen-bond donors (Lipinski definition) is 1. The number of amides is 1. The molecule has 2 atom stereocenters. The number of pyridine rings is 1. The maximum absolute atomic E-state index is 15.0. The summed E-state index contributed by atoms with van der Waals surface area (Å²) >= 11 is 6.46. The molecule has 34 heavy (non-hydrogen) atoms. The molecule has 1 amide bonds. The number of aromatic nitrogens is 3. The number of halogens is 2. The Morgan fingerprint density at radius 2 is 2.00 bits per heavy atom. The number of rotatable bonds is 6. The van der Waals surface area contributed by atoms with E-state index in [1.165, 1.54) is 12.3 Å². The molecule has 8 heteroatoms. The minimum atomic E-state index is -0.396. The van der Waals surface area contributed by atoms with E-state index in [-0.39, 0.29) is 23.5 Å². The highest BCUT2D eigenvalue weighted by molar-refractivity contribution is 6.33. The van der Waals surface area contributed by atoms with Gasteiger partial charge in [-0.3, -0.25) is 9.48 Å². The lowest BCUT2D eigenvalue weighted by molar-refractivity contribution is -0.123. The van der Waals surface area contributed by atoms with E-state index in [4.69, 9.17) is 11.6 Å². The molecular weight excluding hydrogens is 455 g/mol. The molecule has 6 nitrogen and oxygen atoms in total. The first kappa shape index (κ1) is 23.0. The number of ketones is 1. The number of Topliss-reactive ketones (excluding diaryl/α,β-unsaturated/α-hetero) is 1. The average Bonchev–Trinajstić information content (AvgIpc) is 3.56. The number of carbonyl (C=O) groups excluding carboxylic acids is 2. The molecule has 0 unspecified atom stereocenters. The maximum Gasteiger partial charge on any atom is 0.228 e. The highest BCUT2D eigenvalue weighted by Crippen LogP contribution is 2.44. The highest BCUT2D eigenvalue weighted by atomic mass is 35.5. The monoisotopic (exact) mass is 482 g/mol. The third-order valence-corrected chi connectivity index (χ3v) is 7.35. The van der Waals surface area contributed by atoms with Crippen LogP contribution in [0.5, 0.6) is 0 Å².